The zero-order valence-corrected chi connectivity index (χ0v) is 15.1. The Morgan fingerprint density at radius 2 is 1.48 bits per heavy atom. The molecule has 0 saturated carbocycles. The molecule has 0 radical (unpaired) electrons. The van der Waals surface area contributed by atoms with Gasteiger partial charge in [0.25, 0.3) is 0 Å². The van der Waals surface area contributed by atoms with E-state index >= 15 is 0 Å². The van der Waals surface area contributed by atoms with Gasteiger partial charge in [-0.2, -0.15) is 0 Å². The molecule has 2 amide bonds. The first-order chi connectivity index (χ1) is 12.2. The van der Waals surface area contributed by atoms with Crippen LogP contribution in [0.25, 0.3) is 0 Å². The van der Waals surface area contributed by atoms with E-state index in [4.69, 9.17) is 9.47 Å². The van der Waals surface area contributed by atoms with Crippen molar-refractivity contribution >= 4 is 11.7 Å². The van der Waals surface area contributed by atoms with Gasteiger partial charge in [0.15, 0.2) is 18.2 Å². The molecule has 5 nitrogen and oxygen atoms in total. The number of urea groups is 1. The Kier molecular flexibility index (Phi) is 7.14. The topological polar surface area (TPSA) is 59.6 Å². The number of anilines is 1. The average Bonchev–Trinajstić information content (AvgIpc) is 2.63. The first-order valence-corrected chi connectivity index (χ1v) is 8.69. The Labute approximate surface area is 149 Å². The van der Waals surface area contributed by atoms with Gasteiger partial charge in [0, 0.05) is 5.69 Å². The van der Waals surface area contributed by atoms with Gasteiger partial charge in [0.2, 0.25) is 0 Å². The number of carbonyl (C=O) groups excluding carboxylic acids is 1. The van der Waals surface area contributed by atoms with Crippen molar-refractivity contribution in [2.45, 2.75) is 33.6 Å². The molecule has 134 valence electrons. The van der Waals surface area contributed by atoms with Crippen molar-refractivity contribution in [2.75, 3.05) is 18.7 Å². The number of hydrogen-bond acceptors (Lipinski definition) is 3. The summed E-state index contributed by atoms with van der Waals surface area (Å²) in [5.74, 6) is 1.27. The van der Waals surface area contributed by atoms with E-state index in [-0.39, 0.29) is 12.8 Å². The summed E-state index contributed by atoms with van der Waals surface area (Å²) in [6, 6.07) is 13.2. The van der Waals surface area contributed by atoms with Crippen molar-refractivity contribution < 1.29 is 14.3 Å². The molecule has 5 heteroatoms. The Balaban J connectivity index is 1.94. The van der Waals surface area contributed by atoms with Crippen LogP contribution in [0.3, 0.4) is 0 Å². The fourth-order valence-corrected chi connectivity index (χ4v) is 2.58. The number of amides is 2. The minimum absolute atomic E-state index is 0.0612. The molecule has 0 atom stereocenters. The molecule has 0 aliphatic carbocycles. The number of rotatable bonds is 8. The highest BCUT2D eigenvalue weighted by atomic mass is 16.5. The maximum Gasteiger partial charge on any atom is 0.321 e. The van der Waals surface area contributed by atoms with Gasteiger partial charge in [-0.25, -0.2) is 4.79 Å². The molecule has 0 aliphatic heterocycles. The van der Waals surface area contributed by atoms with Gasteiger partial charge in [-0.3, -0.25) is 0 Å². The molecule has 0 bridgehead atoms. The Morgan fingerprint density at radius 1 is 0.880 bits per heavy atom. The van der Waals surface area contributed by atoms with Crippen LogP contribution < -0.4 is 20.1 Å². The molecule has 2 N–H and O–H groups in total. The number of nitrogens with one attached hydrogen (secondary N) is 2. The molecule has 0 heterocycles. The summed E-state index contributed by atoms with van der Waals surface area (Å²) >= 11 is 0. The van der Waals surface area contributed by atoms with Crippen LogP contribution in [0.5, 0.6) is 11.5 Å². The third kappa shape index (κ3) is 5.14. The Morgan fingerprint density at radius 3 is 2.04 bits per heavy atom. The zero-order valence-electron chi connectivity index (χ0n) is 15.1. The summed E-state index contributed by atoms with van der Waals surface area (Å²) in [6.07, 6.45) is 1.73. The van der Waals surface area contributed by atoms with E-state index in [0.29, 0.717) is 18.1 Å². The maximum atomic E-state index is 12.2. The lowest BCUT2D eigenvalue weighted by Crippen LogP contribution is -2.32. The highest BCUT2D eigenvalue weighted by molar-refractivity contribution is 5.91. The Hall–Kier alpha value is -2.69. The molecular weight excluding hydrogens is 316 g/mol. The van der Waals surface area contributed by atoms with E-state index < -0.39 is 0 Å². The summed E-state index contributed by atoms with van der Waals surface area (Å²) in [5.41, 5.74) is 3.13. The van der Waals surface area contributed by atoms with E-state index in [9.17, 15) is 4.79 Å². The molecule has 25 heavy (non-hydrogen) atoms. The molecule has 0 saturated heterocycles. The number of ether oxygens (including phenoxy) is 2. The third-order valence-corrected chi connectivity index (χ3v) is 3.85. The minimum atomic E-state index is -0.288. The second kappa shape index (κ2) is 9.57. The standard InChI is InChI=1S/C20H26N2O3/c1-4-15-10-9-11-16(5-2)19(15)22-20(23)21-14-25-18-13-8-7-12-17(18)24-6-3/h7-13H,4-6,14H2,1-3H3,(H2,21,22,23). The molecule has 0 aromatic heterocycles. The summed E-state index contributed by atoms with van der Waals surface area (Å²) in [5, 5.41) is 5.67. The van der Waals surface area contributed by atoms with Gasteiger partial charge in [-0.05, 0) is 43.0 Å². The SMILES string of the molecule is CCOc1ccccc1OCNC(=O)Nc1c(CC)cccc1CC. The zero-order chi connectivity index (χ0) is 18.1. The predicted octanol–water partition coefficient (Wildman–Crippen LogP) is 4.37. The molecule has 2 aromatic carbocycles. The largest absolute Gasteiger partial charge is 0.490 e. The lowest BCUT2D eigenvalue weighted by Gasteiger charge is -2.16. The number of carbonyl (C=O) groups is 1. The first-order valence-electron chi connectivity index (χ1n) is 8.69. The summed E-state index contributed by atoms with van der Waals surface area (Å²) in [4.78, 5) is 12.2. The molecule has 0 unspecified atom stereocenters. The van der Waals surface area contributed by atoms with E-state index in [1.165, 1.54) is 0 Å². The highest BCUT2D eigenvalue weighted by Gasteiger charge is 2.10. The molecule has 0 spiro atoms. The van der Waals surface area contributed by atoms with Crippen LogP contribution >= 0.6 is 0 Å². The minimum Gasteiger partial charge on any atom is -0.490 e. The van der Waals surface area contributed by atoms with E-state index in [1.54, 1.807) is 0 Å². The van der Waals surface area contributed by atoms with Crippen LogP contribution in [0.4, 0.5) is 10.5 Å². The highest BCUT2D eigenvalue weighted by Crippen LogP contribution is 2.26. The summed E-state index contributed by atoms with van der Waals surface area (Å²) in [7, 11) is 0. The fourth-order valence-electron chi connectivity index (χ4n) is 2.58. The van der Waals surface area contributed by atoms with Crippen molar-refractivity contribution in [3.8, 4) is 11.5 Å². The van der Waals surface area contributed by atoms with Gasteiger partial charge >= 0.3 is 6.03 Å². The number of benzene rings is 2. The van der Waals surface area contributed by atoms with Crippen molar-refractivity contribution in [3.63, 3.8) is 0 Å². The van der Waals surface area contributed by atoms with Crippen molar-refractivity contribution in [1.82, 2.24) is 5.32 Å². The molecule has 0 fully saturated rings. The van der Waals surface area contributed by atoms with E-state index in [1.807, 2.05) is 49.4 Å². The molecular formula is C20H26N2O3. The number of para-hydroxylation sites is 3. The van der Waals surface area contributed by atoms with Crippen molar-refractivity contribution in [2.24, 2.45) is 0 Å². The van der Waals surface area contributed by atoms with Gasteiger partial charge < -0.3 is 20.1 Å². The van der Waals surface area contributed by atoms with Gasteiger partial charge in [0.05, 0.1) is 6.61 Å². The second-order valence-corrected chi connectivity index (χ2v) is 5.46. The van der Waals surface area contributed by atoms with Gasteiger partial charge in [-0.15, -0.1) is 0 Å². The second-order valence-electron chi connectivity index (χ2n) is 5.46. The van der Waals surface area contributed by atoms with Gasteiger partial charge in [0.1, 0.15) is 0 Å². The lowest BCUT2D eigenvalue weighted by molar-refractivity contribution is 0.229. The van der Waals surface area contributed by atoms with Crippen LogP contribution in [0.15, 0.2) is 42.5 Å². The number of hydrogen-bond donors (Lipinski definition) is 2. The third-order valence-electron chi connectivity index (χ3n) is 3.85. The number of aryl methyl sites for hydroxylation is 2. The van der Waals surface area contributed by atoms with Crippen LogP contribution in [0.2, 0.25) is 0 Å². The summed E-state index contributed by atoms with van der Waals surface area (Å²) < 4.78 is 11.1. The average molecular weight is 342 g/mol. The monoisotopic (exact) mass is 342 g/mol. The molecule has 2 aromatic rings. The fraction of sp³-hybridized carbons (Fsp3) is 0.350. The smallest absolute Gasteiger partial charge is 0.321 e. The van der Waals surface area contributed by atoms with Gasteiger partial charge in [-0.1, -0.05) is 44.2 Å². The first kappa shape index (κ1) is 18.6. The van der Waals surface area contributed by atoms with Crippen molar-refractivity contribution in [3.05, 3.63) is 53.6 Å². The quantitative estimate of drug-likeness (QED) is 0.700. The lowest BCUT2D eigenvalue weighted by atomic mass is 10.0. The van der Waals surface area contributed by atoms with Crippen molar-refractivity contribution in [1.29, 1.82) is 0 Å². The summed E-state index contributed by atoms with van der Waals surface area (Å²) in [6.45, 7) is 6.68. The van der Waals surface area contributed by atoms with Crippen LogP contribution in [-0.4, -0.2) is 19.4 Å². The normalized spacial score (nSPS) is 10.2. The predicted molar refractivity (Wildman–Crippen MR) is 100 cm³/mol. The van der Waals surface area contributed by atoms with E-state index in [0.717, 1.165) is 29.7 Å². The van der Waals surface area contributed by atoms with Crippen LogP contribution in [0, 0.1) is 0 Å². The maximum absolute atomic E-state index is 12.2. The molecule has 0 aliphatic rings. The Bertz CT molecular complexity index is 679. The van der Waals surface area contributed by atoms with Crippen LogP contribution in [-0.2, 0) is 12.8 Å². The molecule has 2 rings (SSSR count). The van der Waals surface area contributed by atoms with E-state index in [2.05, 4.69) is 24.5 Å². The van der Waals surface area contributed by atoms with Crippen LogP contribution in [0.1, 0.15) is 31.9 Å².